The van der Waals surface area contributed by atoms with Crippen LogP contribution < -0.4 is 0 Å². The van der Waals surface area contributed by atoms with Crippen molar-refractivity contribution in [1.29, 1.82) is 0 Å². The Morgan fingerprint density at radius 1 is 1.42 bits per heavy atom. The second-order valence-electron chi connectivity index (χ2n) is 1.50. The highest BCUT2D eigenvalue weighted by Gasteiger charge is 2.05. The standard InChI is InChI=1S/C6H7ClO2S.C2H6/c1-3-4-5-6(2)10(7,8)9;1-2/h3-5H,1-2H2;1-2H3/b5-4-;. The van der Waals surface area contributed by atoms with Crippen LogP contribution in [0.4, 0.5) is 0 Å². The second kappa shape index (κ2) is 7.13. The molecule has 2 nitrogen and oxygen atoms in total. The van der Waals surface area contributed by atoms with E-state index in [4.69, 9.17) is 10.7 Å². The Kier molecular flexibility index (Phi) is 8.32. The van der Waals surface area contributed by atoms with Crippen LogP contribution in [-0.2, 0) is 9.05 Å². The molecule has 0 saturated carbocycles. The van der Waals surface area contributed by atoms with Gasteiger partial charge < -0.3 is 0 Å². The minimum atomic E-state index is -3.63. The third-order valence-corrected chi connectivity index (χ3v) is 2.09. The molecule has 0 spiro atoms. The van der Waals surface area contributed by atoms with Crippen LogP contribution in [0, 0.1) is 0 Å². The largest absolute Gasteiger partial charge is 0.260 e. The average Bonchev–Trinajstić information content (AvgIpc) is 2.02. The summed E-state index contributed by atoms with van der Waals surface area (Å²) in [4.78, 5) is -0.130. The molecular formula is C8H13ClO2S. The SMILES string of the molecule is C=C/C=C\C(=C)S(=O)(=O)Cl.CC. The summed E-state index contributed by atoms with van der Waals surface area (Å²) in [5, 5.41) is 0. The third kappa shape index (κ3) is 7.57. The molecule has 0 aromatic rings. The first-order chi connectivity index (χ1) is 5.48. The van der Waals surface area contributed by atoms with Crippen molar-refractivity contribution < 1.29 is 8.42 Å². The van der Waals surface area contributed by atoms with E-state index in [0.29, 0.717) is 0 Å². The molecule has 0 aliphatic rings. The van der Waals surface area contributed by atoms with E-state index in [1.165, 1.54) is 18.2 Å². The summed E-state index contributed by atoms with van der Waals surface area (Å²) >= 11 is 0. The van der Waals surface area contributed by atoms with E-state index in [9.17, 15) is 8.42 Å². The highest BCUT2D eigenvalue weighted by Crippen LogP contribution is 2.09. The van der Waals surface area contributed by atoms with Crippen LogP contribution in [0.25, 0.3) is 0 Å². The van der Waals surface area contributed by atoms with Gasteiger partial charge in [0.25, 0.3) is 9.05 Å². The summed E-state index contributed by atoms with van der Waals surface area (Å²) in [6.07, 6.45) is 4.16. The minimum Gasteiger partial charge on any atom is -0.207 e. The van der Waals surface area contributed by atoms with Crippen molar-refractivity contribution in [2.45, 2.75) is 13.8 Å². The van der Waals surface area contributed by atoms with Crippen LogP contribution in [0.1, 0.15) is 13.8 Å². The molecule has 0 rings (SSSR count). The molecule has 0 saturated heterocycles. The van der Waals surface area contributed by atoms with E-state index in [1.807, 2.05) is 13.8 Å². The predicted molar refractivity (Wildman–Crippen MR) is 54.6 cm³/mol. The Labute approximate surface area is 78.7 Å². The van der Waals surface area contributed by atoms with E-state index >= 15 is 0 Å². The molecule has 0 aromatic heterocycles. The zero-order chi connectivity index (χ0) is 10.2. The van der Waals surface area contributed by atoms with E-state index in [1.54, 1.807) is 0 Å². The van der Waals surface area contributed by atoms with Gasteiger partial charge in [0.1, 0.15) is 0 Å². The maximum Gasteiger partial charge on any atom is 0.260 e. The quantitative estimate of drug-likeness (QED) is 0.528. The topological polar surface area (TPSA) is 34.1 Å². The third-order valence-electron chi connectivity index (χ3n) is 0.731. The van der Waals surface area contributed by atoms with Crippen molar-refractivity contribution in [3.05, 3.63) is 36.3 Å². The molecule has 0 fully saturated rings. The molecule has 0 unspecified atom stereocenters. The smallest absolute Gasteiger partial charge is 0.207 e. The lowest BCUT2D eigenvalue weighted by Gasteiger charge is -1.88. The Bertz CT molecular complexity index is 263. The molecule has 0 N–H and O–H groups in total. The molecule has 0 amide bonds. The van der Waals surface area contributed by atoms with Gasteiger partial charge in [-0.25, -0.2) is 8.42 Å². The van der Waals surface area contributed by atoms with Gasteiger partial charge in [-0.2, -0.15) is 0 Å². The van der Waals surface area contributed by atoms with Crippen molar-refractivity contribution in [3.63, 3.8) is 0 Å². The summed E-state index contributed by atoms with van der Waals surface area (Å²) in [5.74, 6) is 0. The molecule has 0 aliphatic carbocycles. The molecular weight excluding hydrogens is 196 g/mol. The van der Waals surface area contributed by atoms with Gasteiger partial charge in [0.05, 0.1) is 4.91 Å². The number of rotatable bonds is 3. The van der Waals surface area contributed by atoms with Gasteiger partial charge in [-0.15, -0.1) is 0 Å². The minimum absolute atomic E-state index is 0.130. The molecule has 0 aliphatic heterocycles. The fourth-order valence-corrected chi connectivity index (χ4v) is 0.652. The zero-order valence-electron chi connectivity index (χ0n) is 7.25. The van der Waals surface area contributed by atoms with Gasteiger partial charge in [0.15, 0.2) is 0 Å². The monoisotopic (exact) mass is 208 g/mol. The highest BCUT2D eigenvalue weighted by molar-refractivity contribution is 8.16. The summed E-state index contributed by atoms with van der Waals surface area (Å²) in [6.45, 7) is 10.6. The predicted octanol–water partition coefficient (Wildman–Crippen LogP) is 2.84. The van der Waals surface area contributed by atoms with Gasteiger partial charge in [-0.05, 0) is 6.08 Å². The summed E-state index contributed by atoms with van der Waals surface area (Å²) in [7, 11) is 1.27. The molecule has 0 bridgehead atoms. The first kappa shape index (κ1) is 14.0. The fourth-order valence-electron chi connectivity index (χ4n) is 0.257. The van der Waals surface area contributed by atoms with E-state index in [0.717, 1.165) is 0 Å². The molecule has 0 aromatic carbocycles. The molecule has 12 heavy (non-hydrogen) atoms. The summed E-state index contributed by atoms with van der Waals surface area (Å²) < 4.78 is 20.8. The van der Waals surface area contributed by atoms with Crippen molar-refractivity contribution in [2.75, 3.05) is 0 Å². The van der Waals surface area contributed by atoms with Crippen LogP contribution >= 0.6 is 10.7 Å². The fraction of sp³-hybridized carbons (Fsp3) is 0.250. The van der Waals surface area contributed by atoms with Crippen molar-refractivity contribution in [2.24, 2.45) is 0 Å². The zero-order valence-corrected chi connectivity index (χ0v) is 8.82. The van der Waals surface area contributed by atoms with Crippen molar-refractivity contribution in [1.82, 2.24) is 0 Å². The number of hydrogen-bond acceptors (Lipinski definition) is 2. The normalized spacial score (nSPS) is 10.2. The Morgan fingerprint density at radius 3 is 2.08 bits per heavy atom. The van der Waals surface area contributed by atoms with E-state index < -0.39 is 9.05 Å². The second-order valence-corrected chi connectivity index (χ2v) is 4.12. The lowest BCUT2D eigenvalue weighted by molar-refractivity contribution is 0.616. The maximum absolute atomic E-state index is 10.4. The Balaban J connectivity index is 0. The van der Waals surface area contributed by atoms with Gasteiger partial charge in [0.2, 0.25) is 0 Å². The van der Waals surface area contributed by atoms with Gasteiger partial charge in [-0.3, -0.25) is 0 Å². The van der Waals surface area contributed by atoms with Crippen LogP contribution in [0.3, 0.4) is 0 Å². The first-order valence-electron chi connectivity index (χ1n) is 3.41. The number of hydrogen-bond donors (Lipinski definition) is 0. The molecule has 0 radical (unpaired) electrons. The van der Waals surface area contributed by atoms with Crippen LogP contribution in [-0.4, -0.2) is 8.42 Å². The maximum atomic E-state index is 10.4. The number of allylic oxidation sites excluding steroid dienone is 3. The summed E-state index contributed by atoms with van der Waals surface area (Å²) in [6, 6.07) is 0. The van der Waals surface area contributed by atoms with Gasteiger partial charge in [0, 0.05) is 10.7 Å². The van der Waals surface area contributed by atoms with Crippen LogP contribution in [0.15, 0.2) is 36.3 Å². The Morgan fingerprint density at radius 2 is 1.83 bits per heavy atom. The number of halogens is 1. The summed E-state index contributed by atoms with van der Waals surface area (Å²) in [5.41, 5.74) is 0. The van der Waals surface area contributed by atoms with Gasteiger partial charge in [-0.1, -0.05) is 39.2 Å². The highest BCUT2D eigenvalue weighted by atomic mass is 35.7. The average molecular weight is 209 g/mol. The first-order valence-corrected chi connectivity index (χ1v) is 5.72. The van der Waals surface area contributed by atoms with Crippen LogP contribution in [0.2, 0.25) is 0 Å². The lowest BCUT2D eigenvalue weighted by atomic mass is 10.5. The van der Waals surface area contributed by atoms with E-state index in [2.05, 4.69) is 13.2 Å². The Hall–Kier alpha value is -0.540. The van der Waals surface area contributed by atoms with Crippen LogP contribution in [0.5, 0.6) is 0 Å². The molecule has 70 valence electrons. The molecule has 0 heterocycles. The van der Waals surface area contributed by atoms with Gasteiger partial charge >= 0.3 is 0 Å². The molecule has 0 atom stereocenters. The lowest BCUT2D eigenvalue weighted by Crippen LogP contribution is -1.88. The molecule has 4 heteroatoms. The van der Waals surface area contributed by atoms with Crippen molar-refractivity contribution >= 4 is 19.7 Å². The van der Waals surface area contributed by atoms with E-state index in [-0.39, 0.29) is 4.91 Å². The van der Waals surface area contributed by atoms with Crippen molar-refractivity contribution in [3.8, 4) is 0 Å².